The van der Waals surface area contributed by atoms with Crippen molar-refractivity contribution in [3.63, 3.8) is 0 Å². The molecule has 0 bridgehead atoms. The van der Waals surface area contributed by atoms with Gasteiger partial charge in [0.25, 0.3) is 0 Å². The molecule has 0 fully saturated rings. The van der Waals surface area contributed by atoms with E-state index in [1.165, 1.54) is 0 Å². The molecule has 0 heterocycles. The molecule has 0 aromatic heterocycles. The first-order valence-electron chi connectivity index (χ1n) is 10.3. The molecule has 0 saturated carbocycles. The van der Waals surface area contributed by atoms with Gasteiger partial charge >= 0.3 is 0 Å². The Morgan fingerprint density at radius 3 is 2.19 bits per heavy atom. The number of hydrogen-bond donors (Lipinski definition) is 1. The Labute approximate surface area is 165 Å². The van der Waals surface area contributed by atoms with Crippen molar-refractivity contribution in [2.75, 3.05) is 26.2 Å². The van der Waals surface area contributed by atoms with E-state index < -0.39 is 5.60 Å². The van der Waals surface area contributed by atoms with Crippen LogP contribution in [0.15, 0.2) is 54.6 Å². The fraction of sp³-hybridized carbons (Fsp3) is 0.500. The van der Waals surface area contributed by atoms with Crippen LogP contribution in [0.25, 0.3) is 0 Å². The molecule has 3 heteroatoms. The molecule has 2 aromatic carbocycles. The lowest BCUT2D eigenvalue weighted by Crippen LogP contribution is -2.29. The average Bonchev–Trinajstić information content (AvgIpc) is 2.71. The second kappa shape index (κ2) is 11.1. The van der Waals surface area contributed by atoms with Crippen LogP contribution in [0.5, 0.6) is 5.75 Å². The predicted molar refractivity (Wildman–Crippen MR) is 113 cm³/mol. The number of ether oxygens (including phenoxy) is 1. The van der Waals surface area contributed by atoms with Crippen molar-refractivity contribution in [3.05, 3.63) is 65.7 Å². The second-order valence-electron chi connectivity index (χ2n) is 7.20. The van der Waals surface area contributed by atoms with Crippen molar-refractivity contribution in [1.82, 2.24) is 4.90 Å². The molecule has 0 aliphatic rings. The predicted octanol–water partition coefficient (Wildman–Crippen LogP) is 5.03. The lowest BCUT2D eigenvalue weighted by molar-refractivity contribution is 0.0253. The first-order valence-corrected chi connectivity index (χ1v) is 10.3. The van der Waals surface area contributed by atoms with Gasteiger partial charge in [-0.2, -0.15) is 0 Å². The zero-order chi connectivity index (χ0) is 19.5. The highest BCUT2D eigenvalue weighted by atomic mass is 16.5. The van der Waals surface area contributed by atoms with Gasteiger partial charge in [-0.1, -0.05) is 76.1 Å². The standard InChI is InChI=1S/C24H35NO2/c1-4-7-17-24(26,20-21-11-9-8-10-12-21)22-13-15-23(16-14-22)27-19-18-25(5-2)6-3/h8-16,26H,4-7,17-20H2,1-3H3/t24-/m1/s1. The van der Waals surface area contributed by atoms with Crippen LogP contribution < -0.4 is 4.74 Å². The monoisotopic (exact) mass is 369 g/mol. The molecule has 1 atom stereocenters. The zero-order valence-electron chi connectivity index (χ0n) is 17.2. The minimum atomic E-state index is -0.836. The Morgan fingerprint density at radius 2 is 1.59 bits per heavy atom. The largest absolute Gasteiger partial charge is 0.492 e. The minimum Gasteiger partial charge on any atom is -0.492 e. The molecule has 3 nitrogen and oxygen atoms in total. The van der Waals surface area contributed by atoms with Crippen molar-refractivity contribution in [3.8, 4) is 5.75 Å². The Bertz CT molecular complexity index is 637. The van der Waals surface area contributed by atoms with Crippen LogP contribution in [-0.2, 0) is 12.0 Å². The van der Waals surface area contributed by atoms with Crippen LogP contribution in [0.2, 0.25) is 0 Å². The van der Waals surface area contributed by atoms with Gasteiger partial charge in [-0.15, -0.1) is 0 Å². The number of unbranched alkanes of at least 4 members (excludes halogenated alkanes) is 1. The van der Waals surface area contributed by atoms with E-state index in [1.807, 2.05) is 42.5 Å². The topological polar surface area (TPSA) is 32.7 Å². The fourth-order valence-corrected chi connectivity index (χ4v) is 3.43. The van der Waals surface area contributed by atoms with Crippen molar-refractivity contribution >= 4 is 0 Å². The first-order chi connectivity index (χ1) is 13.1. The van der Waals surface area contributed by atoms with Crippen molar-refractivity contribution in [1.29, 1.82) is 0 Å². The lowest BCUT2D eigenvalue weighted by atomic mass is 9.83. The Morgan fingerprint density at radius 1 is 0.926 bits per heavy atom. The summed E-state index contributed by atoms with van der Waals surface area (Å²) in [6, 6.07) is 18.3. The van der Waals surface area contributed by atoms with Crippen LogP contribution in [0.3, 0.4) is 0 Å². The summed E-state index contributed by atoms with van der Waals surface area (Å²) in [5.41, 5.74) is 1.29. The number of nitrogens with zero attached hydrogens (tertiary/aromatic N) is 1. The summed E-state index contributed by atoms with van der Waals surface area (Å²) < 4.78 is 5.88. The molecule has 0 radical (unpaired) electrons. The minimum absolute atomic E-state index is 0.635. The number of aliphatic hydroxyl groups is 1. The van der Waals surface area contributed by atoms with Crippen LogP contribution in [0.1, 0.15) is 51.2 Å². The summed E-state index contributed by atoms with van der Waals surface area (Å²) in [4.78, 5) is 2.34. The molecule has 27 heavy (non-hydrogen) atoms. The maximum Gasteiger partial charge on any atom is 0.119 e. The molecule has 2 rings (SSSR count). The van der Waals surface area contributed by atoms with E-state index >= 15 is 0 Å². The summed E-state index contributed by atoms with van der Waals surface area (Å²) in [6.45, 7) is 10.2. The molecule has 148 valence electrons. The third-order valence-corrected chi connectivity index (χ3v) is 5.25. The maximum absolute atomic E-state index is 11.4. The highest BCUT2D eigenvalue weighted by Crippen LogP contribution is 2.32. The molecule has 0 unspecified atom stereocenters. The molecule has 0 amide bonds. The van der Waals surface area contributed by atoms with E-state index in [0.29, 0.717) is 13.0 Å². The molecule has 1 N–H and O–H groups in total. The number of hydrogen-bond acceptors (Lipinski definition) is 3. The highest BCUT2D eigenvalue weighted by molar-refractivity contribution is 5.32. The average molecular weight is 370 g/mol. The third kappa shape index (κ3) is 6.67. The SMILES string of the molecule is CCCC[C@@](O)(Cc1ccccc1)c1ccc(OCCN(CC)CC)cc1. The van der Waals surface area contributed by atoms with Crippen LogP contribution in [0, 0.1) is 0 Å². The van der Waals surface area contributed by atoms with Gasteiger partial charge in [0.1, 0.15) is 12.4 Å². The smallest absolute Gasteiger partial charge is 0.119 e. The van der Waals surface area contributed by atoms with Gasteiger partial charge in [0.15, 0.2) is 0 Å². The van der Waals surface area contributed by atoms with Gasteiger partial charge < -0.3 is 14.7 Å². The van der Waals surface area contributed by atoms with E-state index in [0.717, 1.165) is 55.8 Å². The van der Waals surface area contributed by atoms with Gasteiger partial charge in [0, 0.05) is 13.0 Å². The zero-order valence-corrected chi connectivity index (χ0v) is 17.2. The number of rotatable bonds is 12. The normalized spacial score (nSPS) is 13.5. The summed E-state index contributed by atoms with van der Waals surface area (Å²) in [7, 11) is 0. The van der Waals surface area contributed by atoms with E-state index in [9.17, 15) is 5.11 Å². The van der Waals surface area contributed by atoms with E-state index in [4.69, 9.17) is 4.74 Å². The Hall–Kier alpha value is -1.84. The van der Waals surface area contributed by atoms with Crippen LogP contribution in [-0.4, -0.2) is 36.2 Å². The highest BCUT2D eigenvalue weighted by Gasteiger charge is 2.29. The lowest BCUT2D eigenvalue weighted by Gasteiger charge is -2.29. The molecular weight excluding hydrogens is 334 g/mol. The van der Waals surface area contributed by atoms with E-state index in [-0.39, 0.29) is 0 Å². The summed E-state index contributed by atoms with van der Waals surface area (Å²) in [6.07, 6.45) is 3.48. The molecule has 2 aromatic rings. The van der Waals surface area contributed by atoms with Crippen LogP contribution >= 0.6 is 0 Å². The van der Waals surface area contributed by atoms with Gasteiger partial charge in [-0.05, 0) is 42.8 Å². The maximum atomic E-state index is 11.4. The Kier molecular flexibility index (Phi) is 8.83. The third-order valence-electron chi connectivity index (χ3n) is 5.25. The molecule has 0 aliphatic carbocycles. The summed E-state index contributed by atoms with van der Waals surface area (Å²) >= 11 is 0. The van der Waals surface area contributed by atoms with Crippen LogP contribution in [0.4, 0.5) is 0 Å². The quantitative estimate of drug-likeness (QED) is 0.570. The molecule has 0 saturated heterocycles. The summed E-state index contributed by atoms with van der Waals surface area (Å²) in [5.74, 6) is 0.864. The van der Waals surface area contributed by atoms with Crippen molar-refractivity contribution in [2.24, 2.45) is 0 Å². The number of likely N-dealkylation sites (N-methyl/N-ethyl adjacent to an activating group) is 1. The molecule has 0 spiro atoms. The van der Waals surface area contributed by atoms with Gasteiger partial charge in [0.2, 0.25) is 0 Å². The first kappa shape index (κ1) is 21.5. The van der Waals surface area contributed by atoms with E-state index in [1.54, 1.807) is 0 Å². The molecular formula is C24H35NO2. The van der Waals surface area contributed by atoms with Gasteiger partial charge in [-0.3, -0.25) is 0 Å². The molecule has 0 aliphatic heterocycles. The summed E-state index contributed by atoms with van der Waals surface area (Å²) in [5, 5.41) is 11.4. The van der Waals surface area contributed by atoms with Gasteiger partial charge in [0.05, 0.1) is 5.60 Å². The van der Waals surface area contributed by atoms with Gasteiger partial charge in [-0.25, -0.2) is 0 Å². The second-order valence-corrected chi connectivity index (χ2v) is 7.20. The van der Waals surface area contributed by atoms with E-state index in [2.05, 4.69) is 37.8 Å². The fourth-order valence-electron chi connectivity index (χ4n) is 3.43. The Balaban J connectivity index is 2.05. The van der Waals surface area contributed by atoms with Crippen molar-refractivity contribution < 1.29 is 9.84 Å². The number of benzene rings is 2. The van der Waals surface area contributed by atoms with Crippen molar-refractivity contribution in [2.45, 2.75) is 52.1 Å².